The first-order chi connectivity index (χ1) is 9.42. The quantitative estimate of drug-likeness (QED) is 0.661. The number of amides is 2. The number of hydrogen-bond acceptors (Lipinski definition) is 5. The molecule has 1 aromatic rings. The van der Waals surface area contributed by atoms with Crippen LogP contribution in [-0.2, 0) is 9.59 Å². The zero-order chi connectivity index (χ0) is 15.1. The van der Waals surface area contributed by atoms with Gasteiger partial charge in [0.1, 0.15) is 0 Å². The molecule has 2 amide bonds. The summed E-state index contributed by atoms with van der Waals surface area (Å²) in [6.45, 7) is 1.47. The Morgan fingerprint density at radius 2 is 2.05 bits per heavy atom. The number of hydrogen-bond donors (Lipinski definition) is 3. The molecule has 0 saturated heterocycles. The SMILES string of the molecule is COc1ccc(NC(=O)CC(C)N)cc1OCC(N)=O. The van der Waals surface area contributed by atoms with Gasteiger partial charge in [0.15, 0.2) is 18.1 Å². The standard InChI is InChI=1S/C13H19N3O4/c1-8(14)5-13(18)16-9-3-4-10(19-2)11(6-9)20-7-12(15)17/h3-4,6,8H,5,7,14H2,1-2H3,(H2,15,17)(H,16,18). The molecule has 0 aromatic heterocycles. The summed E-state index contributed by atoms with van der Waals surface area (Å²) in [5.74, 6) is -0.0363. The Morgan fingerprint density at radius 1 is 1.35 bits per heavy atom. The van der Waals surface area contributed by atoms with Crippen molar-refractivity contribution in [2.75, 3.05) is 19.0 Å². The number of benzene rings is 1. The summed E-state index contributed by atoms with van der Waals surface area (Å²) in [6, 6.07) is 4.62. The van der Waals surface area contributed by atoms with Crippen molar-refractivity contribution in [3.8, 4) is 11.5 Å². The van der Waals surface area contributed by atoms with Crippen molar-refractivity contribution in [3.05, 3.63) is 18.2 Å². The fraction of sp³-hybridized carbons (Fsp3) is 0.385. The van der Waals surface area contributed by atoms with E-state index in [9.17, 15) is 9.59 Å². The third kappa shape index (κ3) is 5.15. The van der Waals surface area contributed by atoms with Crippen molar-refractivity contribution in [1.29, 1.82) is 0 Å². The third-order valence-electron chi connectivity index (χ3n) is 2.32. The van der Waals surface area contributed by atoms with Crippen molar-refractivity contribution in [2.24, 2.45) is 11.5 Å². The van der Waals surface area contributed by atoms with Gasteiger partial charge in [-0.25, -0.2) is 0 Å². The molecular weight excluding hydrogens is 262 g/mol. The van der Waals surface area contributed by atoms with Crippen LogP contribution in [0, 0.1) is 0 Å². The van der Waals surface area contributed by atoms with Gasteiger partial charge in [0, 0.05) is 24.2 Å². The van der Waals surface area contributed by atoms with Crippen LogP contribution in [0.3, 0.4) is 0 Å². The number of nitrogens with one attached hydrogen (secondary N) is 1. The summed E-state index contributed by atoms with van der Waals surface area (Å²) in [5.41, 5.74) is 11.1. The van der Waals surface area contributed by atoms with Crippen LogP contribution in [0.5, 0.6) is 11.5 Å². The molecule has 5 N–H and O–H groups in total. The van der Waals surface area contributed by atoms with E-state index in [1.807, 2.05) is 0 Å². The van der Waals surface area contributed by atoms with Crippen molar-refractivity contribution in [1.82, 2.24) is 0 Å². The largest absolute Gasteiger partial charge is 0.493 e. The topological polar surface area (TPSA) is 117 Å². The predicted molar refractivity (Wildman–Crippen MR) is 74.6 cm³/mol. The Bertz CT molecular complexity index is 489. The number of primary amides is 1. The number of rotatable bonds is 7. The van der Waals surface area contributed by atoms with E-state index in [1.54, 1.807) is 25.1 Å². The summed E-state index contributed by atoms with van der Waals surface area (Å²) in [7, 11) is 1.47. The van der Waals surface area contributed by atoms with E-state index in [4.69, 9.17) is 20.9 Å². The van der Waals surface area contributed by atoms with E-state index in [2.05, 4.69) is 5.32 Å². The molecule has 110 valence electrons. The Balaban J connectivity index is 2.80. The summed E-state index contributed by atoms with van der Waals surface area (Å²) >= 11 is 0. The molecule has 1 atom stereocenters. The Morgan fingerprint density at radius 3 is 2.60 bits per heavy atom. The normalized spacial score (nSPS) is 11.6. The van der Waals surface area contributed by atoms with Gasteiger partial charge in [0.2, 0.25) is 5.91 Å². The third-order valence-corrected chi connectivity index (χ3v) is 2.32. The molecule has 0 aliphatic heterocycles. The first-order valence-electron chi connectivity index (χ1n) is 6.07. The van der Waals surface area contributed by atoms with Gasteiger partial charge in [-0.05, 0) is 19.1 Å². The first-order valence-corrected chi connectivity index (χ1v) is 6.07. The van der Waals surface area contributed by atoms with Gasteiger partial charge in [0.05, 0.1) is 7.11 Å². The Hall–Kier alpha value is -2.28. The van der Waals surface area contributed by atoms with Gasteiger partial charge in [-0.15, -0.1) is 0 Å². The number of methoxy groups -OCH3 is 1. The fourth-order valence-electron chi connectivity index (χ4n) is 1.52. The van der Waals surface area contributed by atoms with Crippen LogP contribution in [0.1, 0.15) is 13.3 Å². The van der Waals surface area contributed by atoms with Crippen LogP contribution in [-0.4, -0.2) is 31.6 Å². The summed E-state index contributed by atoms with van der Waals surface area (Å²) in [5, 5.41) is 2.68. The van der Waals surface area contributed by atoms with Gasteiger partial charge in [-0.1, -0.05) is 0 Å². The maximum atomic E-state index is 11.6. The molecule has 0 bridgehead atoms. The number of ether oxygens (including phenoxy) is 2. The van der Waals surface area contributed by atoms with E-state index >= 15 is 0 Å². The Labute approximate surface area is 117 Å². The van der Waals surface area contributed by atoms with E-state index in [0.717, 1.165) is 0 Å². The van der Waals surface area contributed by atoms with Crippen molar-refractivity contribution < 1.29 is 19.1 Å². The maximum absolute atomic E-state index is 11.6. The minimum absolute atomic E-state index is 0.203. The summed E-state index contributed by atoms with van der Waals surface area (Å²) in [6.07, 6.45) is 0.212. The zero-order valence-corrected chi connectivity index (χ0v) is 11.5. The first kappa shape index (κ1) is 15.8. The number of nitrogens with two attached hydrogens (primary N) is 2. The predicted octanol–water partition coefficient (Wildman–Crippen LogP) is 0.235. The highest BCUT2D eigenvalue weighted by molar-refractivity contribution is 5.91. The van der Waals surface area contributed by atoms with Gasteiger partial charge in [-0.3, -0.25) is 9.59 Å². The van der Waals surface area contributed by atoms with Crippen LogP contribution in [0.25, 0.3) is 0 Å². The smallest absolute Gasteiger partial charge is 0.255 e. The van der Waals surface area contributed by atoms with E-state index in [0.29, 0.717) is 17.2 Å². The zero-order valence-electron chi connectivity index (χ0n) is 11.5. The molecule has 20 heavy (non-hydrogen) atoms. The molecule has 0 saturated carbocycles. The Kier molecular flexibility index (Phi) is 5.79. The average Bonchev–Trinajstić information content (AvgIpc) is 2.35. The second-order valence-corrected chi connectivity index (χ2v) is 4.35. The highest BCUT2D eigenvalue weighted by Crippen LogP contribution is 2.30. The maximum Gasteiger partial charge on any atom is 0.255 e. The molecule has 7 heteroatoms. The molecule has 1 aromatic carbocycles. The van der Waals surface area contributed by atoms with Crippen LogP contribution in [0.15, 0.2) is 18.2 Å². The minimum Gasteiger partial charge on any atom is -0.493 e. The summed E-state index contributed by atoms with van der Waals surface area (Å²) < 4.78 is 10.3. The van der Waals surface area contributed by atoms with Crippen molar-refractivity contribution in [2.45, 2.75) is 19.4 Å². The summed E-state index contributed by atoms with van der Waals surface area (Å²) in [4.78, 5) is 22.3. The molecule has 0 heterocycles. The van der Waals surface area contributed by atoms with Crippen molar-refractivity contribution in [3.63, 3.8) is 0 Å². The molecule has 0 radical (unpaired) electrons. The highest BCUT2D eigenvalue weighted by atomic mass is 16.5. The van der Waals surface area contributed by atoms with Crippen LogP contribution < -0.4 is 26.3 Å². The average molecular weight is 281 g/mol. The lowest BCUT2D eigenvalue weighted by molar-refractivity contribution is -0.120. The molecule has 0 aliphatic carbocycles. The van der Waals surface area contributed by atoms with E-state index in [1.165, 1.54) is 7.11 Å². The van der Waals surface area contributed by atoms with E-state index in [-0.39, 0.29) is 25.0 Å². The van der Waals surface area contributed by atoms with E-state index < -0.39 is 5.91 Å². The van der Waals surface area contributed by atoms with Gasteiger partial charge < -0.3 is 26.3 Å². The molecule has 0 aliphatic rings. The molecule has 0 spiro atoms. The lowest BCUT2D eigenvalue weighted by atomic mass is 10.2. The molecule has 7 nitrogen and oxygen atoms in total. The number of carbonyl (C=O) groups is 2. The van der Waals surface area contributed by atoms with Crippen LogP contribution >= 0.6 is 0 Å². The molecule has 1 rings (SSSR count). The molecular formula is C13H19N3O4. The second-order valence-electron chi connectivity index (χ2n) is 4.35. The number of carbonyl (C=O) groups excluding carboxylic acids is 2. The van der Waals surface area contributed by atoms with Crippen molar-refractivity contribution >= 4 is 17.5 Å². The second kappa shape index (κ2) is 7.34. The minimum atomic E-state index is -0.599. The van der Waals surface area contributed by atoms with Gasteiger partial charge in [0.25, 0.3) is 5.91 Å². The van der Waals surface area contributed by atoms with Crippen LogP contribution in [0.2, 0.25) is 0 Å². The molecule has 1 unspecified atom stereocenters. The monoisotopic (exact) mass is 281 g/mol. The van der Waals surface area contributed by atoms with Crippen LogP contribution in [0.4, 0.5) is 5.69 Å². The lowest BCUT2D eigenvalue weighted by Gasteiger charge is -2.12. The fourth-order valence-corrected chi connectivity index (χ4v) is 1.52. The molecule has 0 fully saturated rings. The lowest BCUT2D eigenvalue weighted by Crippen LogP contribution is -2.24. The van der Waals surface area contributed by atoms with Gasteiger partial charge >= 0.3 is 0 Å². The van der Waals surface area contributed by atoms with Gasteiger partial charge in [-0.2, -0.15) is 0 Å². The highest BCUT2D eigenvalue weighted by Gasteiger charge is 2.10. The number of anilines is 1.